The molecule has 0 fully saturated rings. The van der Waals surface area contributed by atoms with Crippen molar-refractivity contribution in [3.63, 3.8) is 0 Å². The second-order valence-electron chi connectivity index (χ2n) is 4.06. The molecule has 0 saturated carbocycles. The van der Waals surface area contributed by atoms with Crippen molar-refractivity contribution in [1.82, 2.24) is 9.84 Å². The lowest BCUT2D eigenvalue weighted by molar-refractivity contribution is -0.138. The van der Waals surface area contributed by atoms with Crippen molar-refractivity contribution >= 4 is 29.3 Å². The molecule has 0 spiro atoms. The minimum Gasteiger partial charge on any atom is -0.480 e. The molecular weight excluding hydrogens is 325 g/mol. The number of aliphatic carboxylic acids is 1. The molecule has 1 aromatic rings. The lowest BCUT2D eigenvalue weighted by Gasteiger charge is -2.21. The SMILES string of the molecule is Nc1ccc(S(=O)(=O)NN(CC(=O)O)CP(=O)(O)O)cc1. The summed E-state index contributed by atoms with van der Waals surface area (Å²) in [5, 5.41) is 9.05. The summed E-state index contributed by atoms with van der Waals surface area (Å²) >= 11 is 0. The first-order valence-corrected chi connectivity index (χ1v) is 8.67. The number of carboxylic acid groups (broad SMARTS) is 1. The summed E-state index contributed by atoms with van der Waals surface area (Å²) in [5.41, 5.74) is 5.74. The zero-order valence-corrected chi connectivity index (χ0v) is 12.3. The maximum atomic E-state index is 12.0. The highest BCUT2D eigenvalue weighted by Crippen LogP contribution is 2.34. The highest BCUT2D eigenvalue weighted by Gasteiger charge is 2.26. The predicted molar refractivity (Wildman–Crippen MR) is 72.4 cm³/mol. The van der Waals surface area contributed by atoms with Gasteiger partial charge in [0.1, 0.15) is 12.8 Å². The molecule has 0 heterocycles. The molecule has 0 atom stereocenters. The van der Waals surface area contributed by atoms with Crippen LogP contribution in [0, 0.1) is 0 Å². The van der Waals surface area contributed by atoms with Gasteiger partial charge < -0.3 is 20.6 Å². The third-order valence-electron chi connectivity index (χ3n) is 2.12. The van der Waals surface area contributed by atoms with Gasteiger partial charge in [0.15, 0.2) is 0 Å². The van der Waals surface area contributed by atoms with E-state index in [1.807, 2.05) is 4.83 Å². The smallest absolute Gasteiger partial charge is 0.340 e. The largest absolute Gasteiger partial charge is 0.480 e. The normalized spacial score (nSPS) is 12.5. The van der Waals surface area contributed by atoms with Crippen molar-refractivity contribution in [2.24, 2.45) is 0 Å². The maximum absolute atomic E-state index is 12.0. The van der Waals surface area contributed by atoms with Gasteiger partial charge >= 0.3 is 13.6 Å². The highest BCUT2D eigenvalue weighted by atomic mass is 32.2. The lowest BCUT2D eigenvalue weighted by Crippen LogP contribution is -2.45. The van der Waals surface area contributed by atoms with E-state index in [-0.39, 0.29) is 4.90 Å². The fourth-order valence-corrected chi connectivity index (χ4v) is 3.15. The first-order valence-electron chi connectivity index (χ1n) is 5.39. The van der Waals surface area contributed by atoms with Crippen LogP contribution in [0.15, 0.2) is 29.2 Å². The van der Waals surface area contributed by atoms with Crippen molar-refractivity contribution in [3.05, 3.63) is 24.3 Å². The summed E-state index contributed by atoms with van der Waals surface area (Å²) in [6.07, 6.45) is -1.08. The monoisotopic (exact) mass is 339 g/mol. The van der Waals surface area contributed by atoms with Crippen molar-refractivity contribution in [2.75, 3.05) is 18.6 Å². The second-order valence-corrected chi connectivity index (χ2v) is 7.33. The molecule has 118 valence electrons. The molecule has 1 aromatic carbocycles. The van der Waals surface area contributed by atoms with Gasteiger partial charge in [-0.2, -0.15) is 0 Å². The summed E-state index contributed by atoms with van der Waals surface area (Å²) in [5.74, 6) is -1.46. The average molecular weight is 339 g/mol. The summed E-state index contributed by atoms with van der Waals surface area (Å²) in [6, 6.07) is 4.99. The topological polar surface area (TPSA) is 170 Å². The van der Waals surface area contributed by atoms with Crippen LogP contribution < -0.4 is 10.6 Å². The molecule has 0 aliphatic heterocycles. The van der Waals surface area contributed by atoms with Crippen molar-refractivity contribution < 1.29 is 32.7 Å². The Kier molecular flexibility index (Phi) is 5.45. The molecule has 0 aliphatic rings. The van der Waals surface area contributed by atoms with Crippen molar-refractivity contribution in [3.8, 4) is 0 Å². The molecule has 0 amide bonds. The highest BCUT2D eigenvalue weighted by molar-refractivity contribution is 7.89. The van der Waals surface area contributed by atoms with Gasteiger partial charge in [0.2, 0.25) is 0 Å². The quantitative estimate of drug-likeness (QED) is 0.237. The van der Waals surface area contributed by atoms with Gasteiger partial charge in [-0.15, -0.1) is 4.83 Å². The Labute approximate surface area is 120 Å². The fourth-order valence-electron chi connectivity index (χ4n) is 1.37. The number of nitrogens with one attached hydrogen (secondary N) is 1. The number of anilines is 1. The summed E-state index contributed by atoms with van der Waals surface area (Å²) < 4.78 is 34.9. The van der Waals surface area contributed by atoms with E-state index in [1.54, 1.807) is 0 Å². The predicted octanol–water partition coefficient (Wildman–Crippen LogP) is -1.02. The number of nitrogen functional groups attached to an aromatic ring is 1. The molecule has 0 aromatic heterocycles. The van der Waals surface area contributed by atoms with Gasteiger partial charge in [-0.05, 0) is 24.3 Å². The average Bonchev–Trinajstić information content (AvgIpc) is 2.25. The van der Waals surface area contributed by atoms with Crippen molar-refractivity contribution in [2.45, 2.75) is 4.90 Å². The van der Waals surface area contributed by atoms with E-state index >= 15 is 0 Å². The Balaban J connectivity index is 2.97. The summed E-state index contributed by atoms with van der Waals surface area (Å²) in [7, 11) is -8.83. The van der Waals surface area contributed by atoms with Crippen LogP contribution >= 0.6 is 7.60 Å². The van der Waals surface area contributed by atoms with E-state index in [0.29, 0.717) is 10.7 Å². The van der Waals surface area contributed by atoms with Crippen LogP contribution in [-0.2, 0) is 19.4 Å². The number of rotatable bonds is 7. The van der Waals surface area contributed by atoms with Crippen LogP contribution in [0.2, 0.25) is 0 Å². The van der Waals surface area contributed by atoms with Crippen LogP contribution in [0.25, 0.3) is 0 Å². The van der Waals surface area contributed by atoms with Crippen LogP contribution in [0.3, 0.4) is 0 Å². The van der Waals surface area contributed by atoms with Gasteiger partial charge in [0, 0.05) is 5.69 Å². The maximum Gasteiger partial charge on any atom is 0.340 e. The third kappa shape index (κ3) is 6.21. The zero-order valence-electron chi connectivity index (χ0n) is 10.6. The molecule has 0 aliphatic carbocycles. The third-order valence-corrected chi connectivity index (χ3v) is 4.22. The minimum atomic E-state index is -4.65. The Bertz CT molecular complexity index is 654. The number of hydrogen-bond donors (Lipinski definition) is 5. The molecule has 0 saturated heterocycles. The van der Waals surface area contributed by atoms with Gasteiger partial charge in [0.05, 0.1) is 4.90 Å². The second kappa shape index (κ2) is 6.52. The summed E-state index contributed by atoms with van der Waals surface area (Å²) in [4.78, 5) is 29.9. The molecule has 12 heteroatoms. The first kappa shape index (κ1) is 17.6. The molecule has 1 rings (SSSR count). The Hall–Kier alpha value is -1.49. The van der Waals surface area contributed by atoms with Gasteiger partial charge in [0.25, 0.3) is 10.0 Å². The van der Waals surface area contributed by atoms with E-state index in [0.717, 1.165) is 0 Å². The van der Waals surface area contributed by atoms with E-state index in [9.17, 15) is 17.8 Å². The Morgan fingerprint density at radius 1 is 1.29 bits per heavy atom. The Morgan fingerprint density at radius 2 is 1.81 bits per heavy atom. The van der Waals surface area contributed by atoms with Crippen LogP contribution in [0.4, 0.5) is 5.69 Å². The molecule has 0 unspecified atom stereocenters. The molecule has 0 bridgehead atoms. The number of nitrogens with two attached hydrogens (primary N) is 1. The number of sulfonamides is 1. The van der Waals surface area contributed by atoms with Crippen LogP contribution in [-0.4, -0.2) is 47.1 Å². The van der Waals surface area contributed by atoms with E-state index in [2.05, 4.69) is 0 Å². The van der Waals surface area contributed by atoms with Gasteiger partial charge in [-0.25, -0.2) is 13.4 Å². The molecule has 6 N–H and O–H groups in total. The number of nitrogens with zero attached hydrogens (tertiary/aromatic N) is 1. The Morgan fingerprint density at radius 3 is 2.24 bits per heavy atom. The van der Waals surface area contributed by atoms with E-state index in [4.69, 9.17) is 20.6 Å². The van der Waals surface area contributed by atoms with Crippen LogP contribution in [0.1, 0.15) is 0 Å². The first-order chi connectivity index (χ1) is 9.49. The van der Waals surface area contributed by atoms with Crippen molar-refractivity contribution in [1.29, 1.82) is 0 Å². The van der Waals surface area contributed by atoms with Gasteiger partial charge in [-0.3, -0.25) is 9.36 Å². The standard InChI is InChI=1S/C9H14N3O7PS/c10-7-1-3-8(4-2-7)21(18,19)11-12(5-9(13)14)6-20(15,16)17/h1-4,11H,5-6,10H2,(H,13,14)(H2,15,16,17). The van der Waals surface area contributed by atoms with E-state index < -0.39 is 36.4 Å². The number of carboxylic acids is 1. The fraction of sp³-hybridized carbons (Fsp3) is 0.222. The number of hydrazine groups is 1. The number of benzene rings is 1. The molecule has 21 heavy (non-hydrogen) atoms. The molecule has 10 nitrogen and oxygen atoms in total. The number of carbonyl (C=O) groups is 1. The van der Waals surface area contributed by atoms with Crippen LogP contribution in [0.5, 0.6) is 0 Å². The summed E-state index contributed by atoms with van der Waals surface area (Å²) in [6.45, 7) is -0.917. The molecular formula is C9H14N3O7PS. The van der Waals surface area contributed by atoms with E-state index in [1.165, 1.54) is 24.3 Å². The van der Waals surface area contributed by atoms with Gasteiger partial charge in [-0.1, -0.05) is 0 Å². The molecule has 0 radical (unpaired) electrons. The minimum absolute atomic E-state index is 0.224. The zero-order chi connectivity index (χ0) is 16.3. The lowest BCUT2D eigenvalue weighted by atomic mass is 10.3. The number of hydrogen-bond acceptors (Lipinski definition) is 6.